The molecule has 108 valence electrons. The van der Waals surface area contributed by atoms with Crippen LogP contribution in [0, 0.1) is 0 Å². The summed E-state index contributed by atoms with van der Waals surface area (Å²) >= 11 is 0. The van der Waals surface area contributed by atoms with Crippen molar-refractivity contribution in [1.82, 2.24) is 15.1 Å². The lowest BCUT2D eigenvalue weighted by molar-refractivity contribution is -0.147. The average Bonchev–Trinajstić information content (AvgIpc) is 2.38. The fraction of sp³-hybridized carbons (Fsp3) is 0.833. The molecular formula is C12H21N3O4. The van der Waals surface area contributed by atoms with Crippen molar-refractivity contribution in [3.8, 4) is 0 Å². The Morgan fingerprint density at radius 3 is 3.05 bits per heavy atom. The minimum atomic E-state index is -0.900. The van der Waals surface area contributed by atoms with Gasteiger partial charge in [0, 0.05) is 26.2 Å². The molecular weight excluding hydrogens is 250 g/mol. The normalized spacial score (nSPS) is 30.1. The molecule has 2 aliphatic rings. The number of carboxylic acids is 1. The molecule has 0 aromatic carbocycles. The molecule has 0 aromatic rings. The minimum Gasteiger partial charge on any atom is -0.480 e. The van der Waals surface area contributed by atoms with E-state index in [0.29, 0.717) is 13.2 Å². The van der Waals surface area contributed by atoms with Gasteiger partial charge in [0.15, 0.2) is 0 Å². The highest BCUT2D eigenvalue weighted by molar-refractivity contribution is 5.83. The van der Waals surface area contributed by atoms with Crippen molar-refractivity contribution in [2.45, 2.75) is 19.1 Å². The smallest absolute Gasteiger partial charge is 0.322 e. The van der Waals surface area contributed by atoms with Gasteiger partial charge in [-0.25, -0.2) is 0 Å². The molecule has 2 aliphatic heterocycles. The van der Waals surface area contributed by atoms with Gasteiger partial charge in [0.05, 0.1) is 19.3 Å². The van der Waals surface area contributed by atoms with Gasteiger partial charge in [0.2, 0.25) is 5.91 Å². The lowest BCUT2D eigenvalue weighted by Crippen LogP contribution is -2.60. The lowest BCUT2D eigenvalue weighted by atomic mass is 10.1. The van der Waals surface area contributed by atoms with Crippen LogP contribution in [0.15, 0.2) is 0 Å². The predicted molar refractivity (Wildman–Crippen MR) is 67.9 cm³/mol. The molecule has 7 nitrogen and oxygen atoms in total. The third kappa shape index (κ3) is 3.65. The zero-order chi connectivity index (χ0) is 13.8. The molecule has 0 bridgehead atoms. The Hall–Kier alpha value is -1.18. The molecule has 0 radical (unpaired) electrons. The van der Waals surface area contributed by atoms with Gasteiger partial charge in [-0.3, -0.25) is 19.4 Å². The average molecular weight is 271 g/mol. The number of carbonyl (C=O) groups excluding carboxylic acids is 1. The number of amides is 1. The van der Waals surface area contributed by atoms with Crippen molar-refractivity contribution < 1.29 is 19.4 Å². The van der Waals surface area contributed by atoms with Crippen LogP contribution in [0.1, 0.15) is 6.92 Å². The molecule has 2 saturated heterocycles. The number of ether oxygens (including phenoxy) is 1. The molecule has 2 rings (SSSR count). The summed E-state index contributed by atoms with van der Waals surface area (Å²) in [6.07, 6.45) is -0.0264. The number of aliphatic carboxylic acids is 1. The monoisotopic (exact) mass is 271 g/mol. The lowest BCUT2D eigenvalue weighted by Gasteiger charge is -2.38. The third-order valence-electron chi connectivity index (χ3n) is 3.67. The fourth-order valence-corrected chi connectivity index (χ4v) is 2.57. The third-order valence-corrected chi connectivity index (χ3v) is 3.67. The SMILES string of the molecule is CCN1CCOC(CN2CC(=O)NCC2C(=O)O)C1. The van der Waals surface area contributed by atoms with Crippen LogP contribution in [0.5, 0.6) is 0 Å². The highest BCUT2D eigenvalue weighted by Gasteiger charge is 2.34. The maximum Gasteiger partial charge on any atom is 0.322 e. The molecule has 2 unspecified atom stereocenters. The molecule has 19 heavy (non-hydrogen) atoms. The van der Waals surface area contributed by atoms with E-state index in [9.17, 15) is 14.7 Å². The summed E-state index contributed by atoms with van der Waals surface area (Å²) in [6, 6.07) is -0.654. The standard InChI is InChI=1S/C12H21N3O4/c1-2-14-3-4-19-9(6-14)7-15-8-11(16)13-5-10(15)12(17)18/h9-10H,2-8H2,1H3,(H,13,16)(H,17,18). The number of morpholine rings is 1. The molecule has 2 heterocycles. The Balaban J connectivity index is 1.94. The molecule has 2 atom stereocenters. The van der Waals surface area contributed by atoms with Crippen molar-refractivity contribution in [1.29, 1.82) is 0 Å². The Bertz CT molecular complexity index is 350. The zero-order valence-corrected chi connectivity index (χ0v) is 11.2. The van der Waals surface area contributed by atoms with Crippen molar-refractivity contribution >= 4 is 11.9 Å². The number of likely N-dealkylation sites (N-methyl/N-ethyl adjacent to an activating group) is 1. The summed E-state index contributed by atoms with van der Waals surface area (Å²) in [6.45, 7) is 6.20. The summed E-state index contributed by atoms with van der Waals surface area (Å²) in [5, 5.41) is 11.8. The van der Waals surface area contributed by atoms with E-state index in [-0.39, 0.29) is 25.1 Å². The van der Waals surface area contributed by atoms with Crippen molar-refractivity contribution in [2.75, 3.05) is 45.9 Å². The van der Waals surface area contributed by atoms with Crippen LogP contribution in [0.4, 0.5) is 0 Å². The number of carbonyl (C=O) groups is 2. The van der Waals surface area contributed by atoms with E-state index in [2.05, 4.69) is 17.1 Å². The number of piperazine rings is 1. The van der Waals surface area contributed by atoms with Gasteiger partial charge in [0.25, 0.3) is 0 Å². The van der Waals surface area contributed by atoms with E-state index >= 15 is 0 Å². The molecule has 2 N–H and O–H groups in total. The molecule has 0 aliphatic carbocycles. The predicted octanol–water partition coefficient (Wildman–Crippen LogP) is -1.41. The molecule has 0 aromatic heterocycles. The van der Waals surface area contributed by atoms with Gasteiger partial charge in [-0.15, -0.1) is 0 Å². The highest BCUT2D eigenvalue weighted by atomic mass is 16.5. The maximum absolute atomic E-state index is 11.4. The van der Waals surface area contributed by atoms with E-state index < -0.39 is 12.0 Å². The Labute approximate surface area is 112 Å². The van der Waals surface area contributed by atoms with E-state index in [1.807, 2.05) is 0 Å². The second kappa shape index (κ2) is 6.31. The zero-order valence-electron chi connectivity index (χ0n) is 11.2. The van der Waals surface area contributed by atoms with E-state index in [4.69, 9.17) is 4.74 Å². The maximum atomic E-state index is 11.4. The van der Waals surface area contributed by atoms with Gasteiger partial charge >= 0.3 is 5.97 Å². The van der Waals surface area contributed by atoms with Crippen LogP contribution >= 0.6 is 0 Å². The van der Waals surface area contributed by atoms with Crippen LogP contribution in [-0.2, 0) is 14.3 Å². The number of carboxylic acid groups (broad SMARTS) is 1. The quantitative estimate of drug-likeness (QED) is 0.654. The first-order chi connectivity index (χ1) is 9.10. The molecule has 0 spiro atoms. The molecule has 0 saturated carbocycles. The summed E-state index contributed by atoms with van der Waals surface area (Å²) in [5.74, 6) is -1.02. The first kappa shape index (κ1) is 14.2. The number of nitrogens with zero attached hydrogens (tertiary/aromatic N) is 2. The fourth-order valence-electron chi connectivity index (χ4n) is 2.57. The topological polar surface area (TPSA) is 82.1 Å². The number of hydrogen-bond acceptors (Lipinski definition) is 5. The van der Waals surface area contributed by atoms with Crippen LogP contribution in [-0.4, -0.2) is 84.8 Å². The van der Waals surface area contributed by atoms with E-state index in [1.165, 1.54) is 0 Å². The van der Waals surface area contributed by atoms with Gasteiger partial charge in [-0.2, -0.15) is 0 Å². The van der Waals surface area contributed by atoms with E-state index in [1.54, 1.807) is 4.90 Å². The summed E-state index contributed by atoms with van der Waals surface area (Å²) in [7, 11) is 0. The molecule has 7 heteroatoms. The largest absolute Gasteiger partial charge is 0.480 e. The van der Waals surface area contributed by atoms with Crippen LogP contribution in [0.3, 0.4) is 0 Å². The van der Waals surface area contributed by atoms with Crippen molar-refractivity contribution in [3.05, 3.63) is 0 Å². The first-order valence-corrected chi connectivity index (χ1v) is 6.67. The van der Waals surface area contributed by atoms with Crippen molar-refractivity contribution in [2.24, 2.45) is 0 Å². The molecule has 1 amide bonds. The highest BCUT2D eigenvalue weighted by Crippen LogP contribution is 2.11. The summed E-state index contributed by atoms with van der Waals surface area (Å²) < 4.78 is 5.67. The summed E-state index contributed by atoms with van der Waals surface area (Å²) in [5.41, 5.74) is 0. The van der Waals surface area contributed by atoms with Gasteiger partial charge in [-0.05, 0) is 6.54 Å². The molecule has 2 fully saturated rings. The minimum absolute atomic E-state index is 0.0264. The Morgan fingerprint density at radius 1 is 1.58 bits per heavy atom. The number of rotatable bonds is 4. The van der Waals surface area contributed by atoms with Crippen LogP contribution in [0.2, 0.25) is 0 Å². The van der Waals surface area contributed by atoms with Gasteiger partial charge < -0.3 is 15.2 Å². The Kier molecular flexibility index (Phi) is 4.73. The van der Waals surface area contributed by atoms with Gasteiger partial charge in [-0.1, -0.05) is 6.92 Å². The first-order valence-electron chi connectivity index (χ1n) is 6.67. The second-order valence-electron chi connectivity index (χ2n) is 4.97. The summed E-state index contributed by atoms with van der Waals surface area (Å²) in [4.78, 5) is 26.6. The van der Waals surface area contributed by atoms with E-state index in [0.717, 1.165) is 19.6 Å². The van der Waals surface area contributed by atoms with Crippen molar-refractivity contribution in [3.63, 3.8) is 0 Å². The van der Waals surface area contributed by atoms with Crippen LogP contribution < -0.4 is 5.32 Å². The number of hydrogen-bond donors (Lipinski definition) is 2. The number of nitrogens with one attached hydrogen (secondary N) is 1. The second-order valence-corrected chi connectivity index (χ2v) is 4.97. The Morgan fingerprint density at radius 2 is 2.37 bits per heavy atom. The van der Waals surface area contributed by atoms with Crippen LogP contribution in [0.25, 0.3) is 0 Å². The van der Waals surface area contributed by atoms with Gasteiger partial charge in [0.1, 0.15) is 6.04 Å².